The molecule has 1 aromatic carbocycles. The zero-order valence-corrected chi connectivity index (χ0v) is 12.4. The maximum atomic E-state index is 12.4. The molecule has 2 rings (SSSR count). The van der Waals surface area contributed by atoms with Crippen LogP contribution in [0.15, 0.2) is 24.3 Å². The summed E-state index contributed by atoms with van der Waals surface area (Å²) < 4.78 is 0. The molecule has 2 amide bonds. The van der Waals surface area contributed by atoms with E-state index < -0.39 is 0 Å². The fourth-order valence-corrected chi connectivity index (χ4v) is 2.58. The Morgan fingerprint density at radius 1 is 1.21 bits per heavy atom. The monoisotopic (exact) mass is 261 g/mol. The summed E-state index contributed by atoms with van der Waals surface area (Å²) in [4.78, 5) is 16.1. The second-order valence-corrected chi connectivity index (χ2v) is 6.18. The Hall–Kier alpha value is -1.71. The lowest BCUT2D eigenvalue weighted by molar-refractivity contribution is 0.174. The smallest absolute Gasteiger partial charge is 0.324 e. The van der Waals surface area contributed by atoms with Crippen molar-refractivity contribution in [3.63, 3.8) is 0 Å². The number of hydrogen-bond acceptors (Lipinski definition) is 2. The van der Waals surface area contributed by atoms with Gasteiger partial charge in [0.25, 0.3) is 0 Å². The molecule has 1 fully saturated rings. The van der Waals surface area contributed by atoms with Crippen molar-refractivity contribution in [1.29, 1.82) is 0 Å². The standard InChI is InChI=1S/C15H23N3O/c1-15(2,3)13-10-18(14(19)17(13)5)12-8-6-11(16-4)7-9-12/h6-9,13,16H,10H2,1-5H3. The van der Waals surface area contributed by atoms with E-state index in [0.29, 0.717) is 0 Å². The first-order valence-electron chi connectivity index (χ1n) is 6.66. The van der Waals surface area contributed by atoms with Crippen LogP contribution in [0, 0.1) is 5.41 Å². The average Bonchev–Trinajstić information content (AvgIpc) is 2.66. The van der Waals surface area contributed by atoms with Crippen molar-refractivity contribution in [3.8, 4) is 0 Å². The molecule has 1 N–H and O–H groups in total. The maximum Gasteiger partial charge on any atom is 0.324 e. The topological polar surface area (TPSA) is 35.6 Å². The summed E-state index contributed by atoms with van der Waals surface area (Å²) in [5.74, 6) is 0. The molecule has 0 spiro atoms. The van der Waals surface area contributed by atoms with Crippen LogP contribution in [0.3, 0.4) is 0 Å². The molecule has 19 heavy (non-hydrogen) atoms. The second kappa shape index (κ2) is 4.76. The van der Waals surface area contributed by atoms with Crippen LogP contribution in [-0.4, -0.2) is 37.6 Å². The molecule has 1 unspecified atom stereocenters. The Bertz CT molecular complexity index is 461. The first kappa shape index (κ1) is 13.7. The molecule has 1 aliphatic heterocycles. The maximum absolute atomic E-state index is 12.4. The van der Waals surface area contributed by atoms with Crippen LogP contribution in [0.25, 0.3) is 0 Å². The third-order valence-electron chi connectivity index (χ3n) is 3.82. The van der Waals surface area contributed by atoms with E-state index in [9.17, 15) is 4.79 Å². The number of likely N-dealkylation sites (N-methyl/N-ethyl adjacent to an activating group) is 1. The molecular formula is C15H23N3O. The van der Waals surface area contributed by atoms with Gasteiger partial charge in [-0.3, -0.25) is 4.90 Å². The Labute approximate surface area is 115 Å². The van der Waals surface area contributed by atoms with Gasteiger partial charge in [-0.05, 0) is 29.7 Å². The molecule has 1 heterocycles. The van der Waals surface area contributed by atoms with Gasteiger partial charge in [-0.15, -0.1) is 0 Å². The molecule has 4 nitrogen and oxygen atoms in total. The highest BCUT2D eigenvalue weighted by Crippen LogP contribution is 2.32. The molecule has 0 aliphatic carbocycles. The molecule has 1 atom stereocenters. The minimum atomic E-state index is 0.0807. The lowest BCUT2D eigenvalue weighted by atomic mass is 9.86. The highest BCUT2D eigenvalue weighted by Gasteiger charge is 2.41. The fraction of sp³-hybridized carbons (Fsp3) is 0.533. The average molecular weight is 261 g/mol. The Morgan fingerprint density at radius 3 is 2.21 bits per heavy atom. The predicted octanol–water partition coefficient (Wildman–Crippen LogP) is 3.01. The van der Waals surface area contributed by atoms with Crippen molar-refractivity contribution in [2.75, 3.05) is 30.9 Å². The molecule has 104 valence electrons. The summed E-state index contributed by atoms with van der Waals surface area (Å²) in [7, 11) is 3.78. The Balaban J connectivity index is 2.24. The predicted molar refractivity (Wildman–Crippen MR) is 79.7 cm³/mol. The lowest BCUT2D eigenvalue weighted by Crippen LogP contribution is -2.39. The number of nitrogens with zero attached hydrogens (tertiary/aromatic N) is 2. The van der Waals surface area contributed by atoms with Gasteiger partial charge in [-0.1, -0.05) is 20.8 Å². The van der Waals surface area contributed by atoms with Gasteiger partial charge in [0, 0.05) is 32.0 Å². The van der Waals surface area contributed by atoms with Crippen molar-refractivity contribution >= 4 is 17.4 Å². The number of amides is 2. The third kappa shape index (κ3) is 2.53. The van der Waals surface area contributed by atoms with Gasteiger partial charge in [0.2, 0.25) is 0 Å². The quantitative estimate of drug-likeness (QED) is 0.888. The number of rotatable bonds is 2. The lowest BCUT2D eigenvalue weighted by Gasteiger charge is -2.30. The number of urea groups is 1. The van der Waals surface area contributed by atoms with Gasteiger partial charge in [0.15, 0.2) is 0 Å². The van der Waals surface area contributed by atoms with Crippen molar-refractivity contribution in [2.24, 2.45) is 5.41 Å². The summed E-state index contributed by atoms with van der Waals surface area (Å²) in [5.41, 5.74) is 2.10. The van der Waals surface area contributed by atoms with Gasteiger partial charge in [0.1, 0.15) is 0 Å². The van der Waals surface area contributed by atoms with E-state index in [1.807, 2.05) is 48.2 Å². The third-order valence-corrected chi connectivity index (χ3v) is 3.82. The number of benzene rings is 1. The number of carbonyl (C=O) groups excluding carboxylic acids is 1. The molecule has 1 aliphatic rings. The summed E-state index contributed by atoms with van der Waals surface area (Å²) >= 11 is 0. The molecule has 0 saturated carbocycles. The largest absolute Gasteiger partial charge is 0.388 e. The van der Waals surface area contributed by atoms with Crippen molar-refractivity contribution in [2.45, 2.75) is 26.8 Å². The highest BCUT2D eigenvalue weighted by molar-refractivity contribution is 5.94. The van der Waals surface area contributed by atoms with Crippen molar-refractivity contribution < 1.29 is 4.79 Å². The first-order valence-corrected chi connectivity index (χ1v) is 6.66. The molecule has 1 aromatic rings. The van der Waals surface area contributed by atoms with Crippen LogP contribution in [0.2, 0.25) is 0 Å². The van der Waals surface area contributed by atoms with E-state index >= 15 is 0 Å². The summed E-state index contributed by atoms with van der Waals surface area (Å²) in [6, 6.07) is 8.28. The molecule has 0 aromatic heterocycles. The van der Waals surface area contributed by atoms with Crippen LogP contribution in [0.5, 0.6) is 0 Å². The van der Waals surface area contributed by atoms with Crippen LogP contribution in [-0.2, 0) is 0 Å². The van der Waals surface area contributed by atoms with E-state index in [1.54, 1.807) is 0 Å². The normalized spacial score (nSPS) is 20.1. The van der Waals surface area contributed by atoms with E-state index in [1.165, 1.54) is 0 Å². The minimum Gasteiger partial charge on any atom is -0.388 e. The van der Waals surface area contributed by atoms with Gasteiger partial charge in [-0.2, -0.15) is 0 Å². The summed E-state index contributed by atoms with van der Waals surface area (Å²) in [6.45, 7) is 7.27. The zero-order chi connectivity index (χ0) is 14.2. The number of nitrogens with one attached hydrogen (secondary N) is 1. The summed E-state index contributed by atoms with van der Waals surface area (Å²) in [5, 5.41) is 3.08. The van der Waals surface area contributed by atoms with E-state index in [0.717, 1.165) is 17.9 Å². The molecular weight excluding hydrogens is 238 g/mol. The van der Waals surface area contributed by atoms with Crippen LogP contribution in [0.4, 0.5) is 16.2 Å². The minimum absolute atomic E-state index is 0.0807. The van der Waals surface area contributed by atoms with Crippen molar-refractivity contribution in [1.82, 2.24) is 4.90 Å². The fourth-order valence-electron chi connectivity index (χ4n) is 2.58. The van der Waals surface area contributed by atoms with E-state index in [-0.39, 0.29) is 17.5 Å². The van der Waals surface area contributed by atoms with Gasteiger partial charge in [-0.25, -0.2) is 4.79 Å². The van der Waals surface area contributed by atoms with Gasteiger partial charge < -0.3 is 10.2 Å². The Kier molecular flexibility index (Phi) is 3.43. The molecule has 4 heteroatoms. The number of anilines is 2. The first-order chi connectivity index (χ1) is 8.84. The van der Waals surface area contributed by atoms with Crippen LogP contribution >= 0.6 is 0 Å². The molecule has 0 bridgehead atoms. The zero-order valence-electron chi connectivity index (χ0n) is 12.4. The van der Waals surface area contributed by atoms with Crippen LogP contribution < -0.4 is 10.2 Å². The molecule has 1 saturated heterocycles. The number of carbonyl (C=O) groups is 1. The number of hydrogen-bond donors (Lipinski definition) is 1. The van der Waals surface area contributed by atoms with Crippen molar-refractivity contribution in [3.05, 3.63) is 24.3 Å². The van der Waals surface area contributed by atoms with Gasteiger partial charge in [0.05, 0.1) is 6.04 Å². The van der Waals surface area contributed by atoms with E-state index in [2.05, 4.69) is 26.1 Å². The summed E-state index contributed by atoms with van der Waals surface area (Å²) in [6.07, 6.45) is 0. The van der Waals surface area contributed by atoms with Gasteiger partial charge >= 0.3 is 6.03 Å². The Morgan fingerprint density at radius 2 is 1.79 bits per heavy atom. The SMILES string of the molecule is CNc1ccc(N2CC(C(C)(C)C)N(C)C2=O)cc1. The van der Waals surface area contributed by atoms with Crippen LogP contribution in [0.1, 0.15) is 20.8 Å². The second-order valence-electron chi connectivity index (χ2n) is 6.18. The molecule has 0 radical (unpaired) electrons. The van der Waals surface area contributed by atoms with E-state index in [4.69, 9.17) is 0 Å². The highest BCUT2D eigenvalue weighted by atomic mass is 16.2.